The average molecular weight is 256 g/mol. The van der Waals surface area contributed by atoms with Crippen molar-refractivity contribution in [2.75, 3.05) is 0 Å². The molecular weight excluding hydrogens is 240 g/mol. The van der Waals surface area contributed by atoms with Gasteiger partial charge in [0.25, 0.3) is 0 Å². The van der Waals surface area contributed by atoms with Gasteiger partial charge in [0.15, 0.2) is 0 Å². The summed E-state index contributed by atoms with van der Waals surface area (Å²) < 4.78 is 0. The van der Waals surface area contributed by atoms with E-state index in [1.54, 1.807) is 6.07 Å². The zero-order valence-electron chi connectivity index (χ0n) is 10.6. The quantitative estimate of drug-likeness (QED) is 0.836. The van der Waals surface area contributed by atoms with E-state index in [4.69, 9.17) is 0 Å². The van der Waals surface area contributed by atoms with E-state index >= 15 is 0 Å². The van der Waals surface area contributed by atoms with Crippen LogP contribution in [0.4, 0.5) is 0 Å². The summed E-state index contributed by atoms with van der Waals surface area (Å²) in [5.74, 6) is 0.374. The van der Waals surface area contributed by atoms with Crippen molar-refractivity contribution in [1.29, 1.82) is 0 Å². The van der Waals surface area contributed by atoms with Crippen LogP contribution in [0.1, 0.15) is 30.2 Å². The van der Waals surface area contributed by atoms with Gasteiger partial charge in [0, 0.05) is 10.8 Å². The summed E-state index contributed by atoms with van der Waals surface area (Å²) in [4.78, 5) is 0. The Morgan fingerprint density at radius 3 is 2.78 bits per heavy atom. The highest BCUT2D eigenvalue weighted by atomic mass is 32.2. The molecule has 1 nitrogen and oxygen atoms in total. The standard InChI is InChI=1S/C16H16OS/c1-10(2)18-15-9-7-12-14(17)8-6-11-4-3-5-13(15)16(11)12/h3-10,15,17H,1-2H3. The van der Waals surface area contributed by atoms with E-state index < -0.39 is 0 Å². The van der Waals surface area contributed by atoms with Crippen LogP contribution in [0, 0.1) is 0 Å². The molecule has 18 heavy (non-hydrogen) atoms. The lowest BCUT2D eigenvalue weighted by molar-refractivity contribution is 0.475. The normalized spacial score (nSPS) is 17.6. The average Bonchev–Trinajstić information content (AvgIpc) is 2.35. The molecule has 2 aromatic rings. The lowest BCUT2D eigenvalue weighted by Gasteiger charge is -2.22. The third-order valence-corrected chi connectivity index (χ3v) is 4.51. The van der Waals surface area contributed by atoms with Crippen LogP contribution in [0.5, 0.6) is 5.75 Å². The third kappa shape index (κ3) is 1.81. The number of benzene rings is 2. The van der Waals surface area contributed by atoms with Crippen molar-refractivity contribution >= 4 is 28.6 Å². The van der Waals surface area contributed by atoms with Crippen molar-refractivity contribution in [1.82, 2.24) is 0 Å². The molecule has 1 aliphatic carbocycles. The van der Waals surface area contributed by atoms with E-state index in [2.05, 4.69) is 44.2 Å². The molecule has 0 amide bonds. The molecule has 1 aliphatic rings. The van der Waals surface area contributed by atoms with E-state index in [1.165, 1.54) is 16.3 Å². The molecule has 0 aromatic heterocycles. The number of phenolic OH excluding ortho intramolecular Hbond substituents is 1. The number of phenols is 1. The Kier molecular flexibility index (Phi) is 2.83. The maximum Gasteiger partial charge on any atom is 0.123 e. The minimum Gasteiger partial charge on any atom is -0.507 e. The summed E-state index contributed by atoms with van der Waals surface area (Å²) >= 11 is 1.95. The molecule has 0 radical (unpaired) electrons. The fourth-order valence-corrected chi connectivity index (χ4v) is 3.63. The molecule has 0 fully saturated rings. The zero-order valence-corrected chi connectivity index (χ0v) is 11.4. The number of hydrogen-bond donors (Lipinski definition) is 1. The summed E-state index contributed by atoms with van der Waals surface area (Å²) in [7, 11) is 0. The first kappa shape index (κ1) is 11.7. The summed E-state index contributed by atoms with van der Waals surface area (Å²) in [5, 5.41) is 13.4. The molecule has 2 aromatic carbocycles. The first-order valence-electron chi connectivity index (χ1n) is 6.25. The first-order valence-corrected chi connectivity index (χ1v) is 7.19. The van der Waals surface area contributed by atoms with Gasteiger partial charge in [-0.3, -0.25) is 0 Å². The van der Waals surface area contributed by atoms with Gasteiger partial charge in [-0.25, -0.2) is 0 Å². The van der Waals surface area contributed by atoms with Crippen LogP contribution in [0.15, 0.2) is 36.4 Å². The molecule has 1 N–H and O–H groups in total. The number of rotatable bonds is 2. The van der Waals surface area contributed by atoms with Crippen LogP contribution in [0.2, 0.25) is 0 Å². The van der Waals surface area contributed by atoms with Crippen LogP contribution in [0.3, 0.4) is 0 Å². The number of aromatic hydroxyl groups is 1. The van der Waals surface area contributed by atoms with Crippen LogP contribution in [0.25, 0.3) is 16.8 Å². The summed E-state index contributed by atoms with van der Waals surface area (Å²) in [5.41, 5.74) is 2.28. The van der Waals surface area contributed by atoms with E-state index in [1.807, 2.05) is 17.8 Å². The summed E-state index contributed by atoms with van der Waals surface area (Å²) in [6.07, 6.45) is 4.26. The molecule has 0 aliphatic heterocycles. The van der Waals surface area contributed by atoms with Crippen molar-refractivity contribution in [3.05, 3.63) is 47.5 Å². The van der Waals surface area contributed by atoms with Gasteiger partial charge in [0.2, 0.25) is 0 Å². The molecule has 0 heterocycles. The van der Waals surface area contributed by atoms with Gasteiger partial charge in [-0.05, 0) is 27.7 Å². The van der Waals surface area contributed by atoms with Crippen molar-refractivity contribution in [3.63, 3.8) is 0 Å². The Bertz CT molecular complexity index is 628. The molecule has 92 valence electrons. The predicted molar refractivity (Wildman–Crippen MR) is 80.1 cm³/mol. The van der Waals surface area contributed by atoms with Gasteiger partial charge in [0.05, 0.1) is 0 Å². The van der Waals surface area contributed by atoms with Crippen LogP contribution >= 0.6 is 11.8 Å². The van der Waals surface area contributed by atoms with Crippen molar-refractivity contribution in [2.45, 2.75) is 24.3 Å². The van der Waals surface area contributed by atoms with Gasteiger partial charge in [-0.15, -0.1) is 11.8 Å². The van der Waals surface area contributed by atoms with E-state index in [-0.39, 0.29) is 0 Å². The smallest absolute Gasteiger partial charge is 0.123 e. The lowest BCUT2D eigenvalue weighted by Crippen LogP contribution is -2.01. The van der Waals surface area contributed by atoms with Crippen LogP contribution in [-0.2, 0) is 0 Å². The van der Waals surface area contributed by atoms with Gasteiger partial charge in [-0.2, -0.15) is 0 Å². The molecule has 0 bridgehead atoms. The Balaban J connectivity index is 2.24. The first-order chi connectivity index (χ1) is 8.66. The highest BCUT2D eigenvalue weighted by Crippen LogP contribution is 2.44. The SMILES string of the molecule is CC(C)SC1C=Cc2c(O)ccc3cccc1c23. The van der Waals surface area contributed by atoms with Gasteiger partial charge in [0.1, 0.15) is 5.75 Å². The topological polar surface area (TPSA) is 20.2 Å². The summed E-state index contributed by atoms with van der Waals surface area (Å²) in [6.45, 7) is 4.44. The highest BCUT2D eigenvalue weighted by molar-refractivity contribution is 8.00. The van der Waals surface area contributed by atoms with Crippen LogP contribution < -0.4 is 0 Å². The number of hydrogen-bond acceptors (Lipinski definition) is 2. The Morgan fingerprint density at radius 2 is 2.00 bits per heavy atom. The van der Waals surface area contributed by atoms with Gasteiger partial charge in [-0.1, -0.05) is 50.3 Å². The van der Waals surface area contributed by atoms with Crippen LogP contribution in [-0.4, -0.2) is 10.4 Å². The maximum absolute atomic E-state index is 9.98. The molecular formula is C16H16OS. The summed E-state index contributed by atoms with van der Waals surface area (Å²) in [6, 6.07) is 10.2. The molecule has 2 heteroatoms. The molecule has 3 rings (SSSR count). The lowest BCUT2D eigenvalue weighted by atomic mass is 9.92. The number of thioether (sulfide) groups is 1. The van der Waals surface area contributed by atoms with E-state index in [0.29, 0.717) is 16.2 Å². The third-order valence-electron chi connectivity index (χ3n) is 3.26. The highest BCUT2D eigenvalue weighted by Gasteiger charge is 2.20. The molecule has 1 atom stereocenters. The molecule has 1 unspecified atom stereocenters. The largest absolute Gasteiger partial charge is 0.507 e. The minimum atomic E-state index is 0.374. The van der Waals surface area contributed by atoms with E-state index in [9.17, 15) is 5.11 Å². The Morgan fingerprint density at radius 1 is 1.17 bits per heavy atom. The molecule has 0 saturated carbocycles. The molecule has 0 saturated heterocycles. The second-order valence-electron chi connectivity index (χ2n) is 4.91. The maximum atomic E-state index is 9.98. The second-order valence-corrected chi connectivity index (χ2v) is 6.63. The monoisotopic (exact) mass is 256 g/mol. The Labute approximate surface area is 112 Å². The van der Waals surface area contributed by atoms with Gasteiger partial charge < -0.3 is 5.11 Å². The van der Waals surface area contributed by atoms with Crippen molar-refractivity contribution < 1.29 is 5.11 Å². The Hall–Kier alpha value is -1.41. The fraction of sp³-hybridized carbons (Fsp3) is 0.250. The van der Waals surface area contributed by atoms with Gasteiger partial charge >= 0.3 is 0 Å². The second kappa shape index (κ2) is 4.36. The minimum absolute atomic E-state index is 0.374. The zero-order chi connectivity index (χ0) is 12.7. The fourth-order valence-electron chi connectivity index (χ4n) is 2.53. The van der Waals surface area contributed by atoms with Crippen molar-refractivity contribution in [3.8, 4) is 5.75 Å². The van der Waals surface area contributed by atoms with E-state index in [0.717, 1.165) is 5.56 Å². The molecule has 0 spiro atoms. The predicted octanol–water partition coefficient (Wildman–Crippen LogP) is 4.75. The van der Waals surface area contributed by atoms with Crippen molar-refractivity contribution in [2.24, 2.45) is 0 Å².